The number of hydrogen-bond donors (Lipinski definition) is 1. The Balaban J connectivity index is 1.49. The molecule has 3 heterocycles. The van der Waals surface area contributed by atoms with Gasteiger partial charge in [0.05, 0.1) is 24.0 Å². The second-order valence-electron chi connectivity index (χ2n) is 11.5. The zero-order valence-corrected chi connectivity index (χ0v) is 25.2. The third kappa shape index (κ3) is 5.09. The van der Waals surface area contributed by atoms with Crippen LogP contribution in [0.4, 0.5) is 15.8 Å². The third-order valence-corrected chi connectivity index (χ3v) is 9.27. The lowest BCUT2D eigenvalue weighted by Crippen LogP contribution is -2.54. The maximum atomic E-state index is 16.7. The van der Waals surface area contributed by atoms with Crippen LogP contribution in [0.15, 0.2) is 78.1 Å². The maximum Gasteiger partial charge on any atom is 0.338 e. The molecular formula is C33H32Cl2FN3O4. The Morgan fingerprint density at radius 3 is 2.72 bits per heavy atom. The fourth-order valence-electron chi connectivity index (χ4n) is 7.04. The van der Waals surface area contributed by atoms with Gasteiger partial charge in [-0.05, 0) is 74.6 Å². The minimum Gasteiger partial charge on any atom is -0.462 e. The highest BCUT2D eigenvalue weighted by molar-refractivity contribution is 6.31. The summed E-state index contributed by atoms with van der Waals surface area (Å²) in [5.41, 5.74) is 0.518. The Labute approximate surface area is 259 Å². The zero-order chi connectivity index (χ0) is 30.5. The van der Waals surface area contributed by atoms with Crippen molar-refractivity contribution in [3.8, 4) is 0 Å². The fraction of sp³-hybridized carbons (Fsp3) is 0.364. The summed E-state index contributed by atoms with van der Waals surface area (Å²) in [6.45, 7) is 6.49. The molecule has 0 bridgehead atoms. The highest BCUT2D eigenvalue weighted by Crippen LogP contribution is 2.60. The average molecular weight is 625 g/mol. The summed E-state index contributed by atoms with van der Waals surface area (Å²) >= 11 is 12.2. The van der Waals surface area contributed by atoms with Gasteiger partial charge >= 0.3 is 5.97 Å². The van der Waals surface area contributed by atoms with E-state index in [1.54, 1.807) is 54.3 Å². The largest absolute Gasteiger partial charge is 0.462 e. The summed E-state index contributed by atoms with van der Waals surface area (Å²) in [4.78, 5) is 45.0. The van der Waals surface area contributed by atoms with Gasteiger partial charge in [-0.25, -0.2) is 9.18 Å². The molecule has 10 heteroatoms. The predicted molar refractivity (Wildman–Crippen MR) is 165 cm³/mol. The number of likely N-dealkylation sites (tertiary alicyclic amines) is 1. The molecule has 6 rings (SSSR count). The number of fused-ring (bicyclic) bond motifs is 3. The van der Waals surface area contributed by atoms with Gasteiger partial charge in [-0.3, -0.25) is 14.5 Å². The Kier molecular flexibility index (Phi) is 7.96. The zero-order valence-electron chi connectivity index (χ0n) is 23.7. The van der Waals surface area contributed by atoms with Gasteiger partial charge in [-0.2, -0.15) is 0 Å². The van der Waals surface area contributed by atoms with Crippen molar-refractivity contribution in [3.63, 3.8) is 0 Å². The van der Waals surface area contributed by atoms with E-state index >= 15 is 4.39 Å². The van der Waals surface area contributed by atoms with E-state index < -0.39 is 29.2 Å². The number of ether oxygens (including phenoxy) is 1. The van der Waals surface area contributed by atoms with Gasteiger partial charge in [0.15, 0.2) is 0 Å². The lowest BCUT2D eigenvalue weighted by Gasteiger charge is -2.40. The van der Waals surface area contributed by atoms with E-state index in [0.29, 0.717) is 53.0 Å². The van der Waals surface area contributed by atoms with Crippen LogP contribution in [0, 0.1) is 17.8 Å². The fourth-order valence-corrected chi connectivity index (χ4v) is 7.29. The molecule has 2 aromatic carbocycles. The average Bonchev–Trinajstić information content (AvgIpc) is 3.68. The van der Waals surface area contributed by atoms with Gasteiger partial charge in [0.25, 0.3) is 0 Å². The molecule has 2 amide bonds. The van der Waals surface area contributed by atoms with Gasteiger partial charge < -0.3 is 15.0 Å². The molecule has 3 fully saturated rings. The van der Waals surface area contributed by atoms with Gasteiger partial charge in [-0.15, -0.1) is 0 Å². The number of amides is 2. The van der Waals surface area contributed by atoms with Gasteiger partial charge in [0, 0.05) is 46.1 Å². The number of esters is 1. The molecule has 2 saturated heterocycles. The predicted octanol–water partition coefficient (Wildman–Crippen LogP) is 6.59. The minimum absolute atomic E-state index is 0.221. The number of nitrogens with one attached hydrogen (secondary N) is 1. The first kappa shape index (κ1) is 29.6. The van der Waals surface area contributed by atoms with Crippen LogP contribution in [-0.4, -0.2) is 48.4 Å². The third-order valence-electron chi connectivity index (χ3n) is 8.91. The van der Waals surface area contributed by atoms with Crippen LogP contribution in [0.25, 0.3) is 0 Å². The monoisotopic (exact) mass is 623 g/mol. The van der Waals surface area contributed by atoms with E-state index in [2.05, 4.69) is 16.8 Å². The van der Waals surface area contributed by atoms with Crippen LogP contribution in [0.3, 0.4) is 0 Å². The highest BCUT2D eigenvalue weighted by atomic mass is 35.5. The molecule has 0 aromatic heterocycles. The molecule has 0 unspecified atom stereocenters. The molecule has 43 heavy (non-hydrogen) atoms. The molecule has 3 aliphatic heterocycles. The first-order valence-electron chi connectivity index (χ1n) is 14.5. The first-order chi connectivity index (χ1) is 20.7. The second-order valence-corrected chi connectivity index (χ2v) is 12.4. The Morgan fingerprint density at radius 1 is 1.21 bits per heavy atom. The number of rotatable bonds is 8. The standard InChI is InChI=1S/C33H32Cl2FN3O4/c1-3-43-31(41)21-7-5-8-23(16-21)38-15-14-27-28(30(38)40)29(25(36)9-4-6-19(2)34)33(39(27)18-20-10-11-20)24-13-12-22(35)17-26(24)37-32(33)42/h4-9,12-13,16-17,20,27-29H,2-3,10-11,14-15,18H2,1H3,(H,37,42)/b6-4-,25-9-/t27-,28+,29-,33+/m0/s1. The van der Waals surface area contributed by atoms with Gasteiger partial charge in [-0.1, -0.05) is 48.0 Å². The number of nitrogens with zero attached hydrogens (tertiary/aromatic N) is 2. The molecule has 4 aliphatic rings. The summed E-state index contributed by atoms with van der Waals surface area (Å²) in [7, 11) is 0. The van der Waals surface area contributed by atoms with E-state index in [0.717, 1.165) is 12.8 Å². The molecule has 2 aromatic rings. The quantitative estimate of drug-likeness (QED) is 0.265. The smallest absolute Gasteiger partial charge is 0.338 e. The molecule has 224 valence electrons. The summed E-state index contributed by atoms with van der Waals surface area (Å²) in [6.07, 6.45) is 6.73. The van der Waals surface area contributed by atoms with Crippen molar-refractivity contribution in [3.05, 3.63) is 94.3 Å². The minimum atomic E-state index is -1.46. The van der Waals surface area contributed by atoms with Crippen molar-refractivity contribution in [1.29, 1.82) is 0 Å². The number of benzene rings is 2. The first-order valence-corrected chi connectivity index (χ1v) is 15.3. The van der Waals surface area contributed by atoms with Crippen LogP contribution in [0.1, 0.15) is 42.1 Å². The van der Waals surface area contributed by atoms with Crippen LogP contribution in [0.2, 0.25) is 5.02 Å². The van der Waals surface area contributed by atoms with Crippen LogP contribution in [-0.2, 0) is 19.9 Å². The Hall–Kier alpha value is -3.46. The van der Waals surface area contributed by atoms with Gasteiger partial charge in [0.2, 0.25) is 11.8 Å². The van der Waals surface area contributed by atoms with Crippen molar-refractivity contribution in [2.45, 2.75) is 37.8 Å². The van der Waals surface area contributed by atoms with Crippen molar-refractivity contribution in [1.82, 2.24) is 4.90 Å². The van der Waals surface area contributed by atoms with Crippen molar-refractivity contribution in [2.75, 3.05) is 29.9 Å². The van der Waals surface area contributed by atoms with E-state index in [1.807, 2.05) is 0 Å². The van der Waals surface area contributed by atoms with Crippen molar-refractivity contribution in [2.24, 2.45) is 17.8 Å². The number of carbonyl (C=O) groups is 3. The molecule has 0 radical (unpaired) electrons. The number of carbonyl (C=O) groups excluding carboxylic acids is 3. The Bertz CT molecular complexity index is 1570. The number of anilines is 2. The number of allylic oxidation sites excluding steroid dienone is 4. The SMILES string of the molecule is C=C(Cl)/C=C\C=C(/F)[C@H]1[C@@H]2C(=O)N(c3cccc(C(=O)OCC)c3)CC[C@@H]2N(CC2CC2)[C@@]12C(=O)Nc1cc(Cl)ccc12. The van der Waals surface area contributed by atoms with Crippen molar-refractivity contribution >= 4 is 52.4 Å². The molecule has 1 saturated carbocycles. The topological polar surface area (TPSA) is 79.0 Å². The van der Waals surface area contributed by atoms with E-state index in [-0.39, 0.29) is 29.5 Å². The normalized spacial score (nSPS) is 27.0. The van der Waals surface area contributed by atoms with Crippen LogP contribution in [0.5, 0.6) is 0 Å². The maximum absolute atomic E-state index is 16.7. The second kappa shape index (κ2) is 11.6. The van der Waals surface area contributed by atoms with E-state index in [1.165, 1.54) is 18.2 Å². The molecule has 1 aliphatic carbocycles. The molecular weight excluding hydrogens is 592 g/mol. The van der Waals surface area contributed by atoms with Crippen molar-refractivity contribution < 1.29 is 23.5 Å². The number of piperidine rings is 1. The molecule has 4 atom stereocenters. The summed E-state index contributed by atoms with van der Waals surface area (Å²) in [6, 6.07) is 11.5. The summed E-state index contributed by atoms with van der Waals surface area (Å²) in [5, 5.41) is 3.63. The molecule has 1 N–H and O–H groups in total. The summed E-state index contributed by atoms with van der Waals surface area (Å²) in [5.74, 6) is -3.41. The Morgan fingerprint density at radius 2 is 2.00 bits per heavy atom. The van der Waals surface area contributed by atoms with E-state index in [4.69, 9.17) is 27.9 Å². The van der Waals surface area contributed by atoms with Gasteiger partial charge in [0.1, 0.15) is 11.4 Å². The lowest BCUT2D eigenvalue weighted by molar-refractivity contribution is -0.129. The molecule has 1 spiro atoms. The van der Waals surface area contributed by atoms with Crippen LogP contribution < -0.4 is 10.2 Å². The molecule has 7 nitrogen and oxygen atoms in total. The van der Waals surface area contributed by atoms with E-state index in [9.17, 15) is 14.4 Å². The summed E-state index contributed by atoms with van der Waals surface area (Å²) < 4.78 is 21.9. The van der Waals surface area contributed by atoms with Crippen LogP contribution >= 0.6 is 23.2 Å². The lowest BCUT2D eigenvalue weighted by atomic mass is 9.72. The number of halogens is 3. The number of hydrogen-bond acceptors (Lipinski definition) is 5. The highest BCUT2D eigenvalue weighted by Gasteiger charge is 2.70.